The number of H-pyrrole nitrogens is 1. The first-order chi connectivity index (χ1) is 11.1. The molecule has 2 rings (SSSR count). The molecule has 134 valence electrons. The van der Waals surface area contributed by atoms with E-state index in [0.717, 1.165) is 10.8 Å². The van der Waals surface area contributed by atoms with E-state index in [1.165, 1.54) is 20.0 Å². The summed E-state index contributed by atoms with van der Waals surface area (Å²) in [4.78, 5) is 36.4. The van der Waals surface area contributed by atoms with Gasteiger partial charge in [-0.1, -0.05) is 0 Å². The first-order valence-electron chi connectivity index (χ1n) is 7.06. The Bertz CT molecular complexity index is 840. The Morgan fingerprint density at radius 3 is 2.71 bits per heavy atom. The van der Waals surface area contributed by atoms with Crippen molar-refractivity contribution in [3.8, 4) is 0 Å². The van der Waals surface area contributed by atoms with Crippen LogP contribution in [0.3, 0.4) is 0 Å². The van der Waals surface area contributed by atoms with Crippen LogP contribution in [0.25, 0.3) is 0 Å². The van der Waals surface area contributed by atoms with Gasteiger partial charge in [0.15, 0.2) is 0 Å². The average molecular weight is 362 g/mol. The summed E-state index contributed by atoms with van der Waals surface area (Å²) >= 11 is 0. The molecule has 24 heavy (non-hydrogen) atoms. The van der Waals surface area contributed by atoms with Crippen molar-refractivity contribution < 1.29 is 26.9 Å². The molecular formula is C13H18N2O8S. The van der Waals surface area contributed by atoms with Crippen LogP contribution in [-0.4, -0.2) is 49.0 Å². The van der Waals surface area contributed by atoms with Crippen molar-refractivity contribution in [2.75, 3.05) is 12.9 Å². The van der Waals surface area contributed by atoms with Gasteiger partial charge in [-0.15, -0.1) is 0 Å². The maximum atomic E-state index is 11.9. The SMILES string of the molecule is CC(=O)OC[C@H]1O[C@@H](n2cc(C)c(=O)[nH]c2=O)CC1OS(C)(=O)=O. The summed E-state index contributed by atoms with van der Waals surface area (Å²) in [6.07, 6.45) is -0.418. The van der Waals surface area contributed by atoms with E-state index in [1.54, 1.807) is 0 Å². The fourth-order valence-corrected chi connectivity index (χ4v) is 3.00. The third-order valence-electron chi connectivity index (χ3n) is 3.39. The van der Waals surface area contributed by atoms with Gasteiger partial charge in [0.25, 0.3) is 15.7 Å². The second-order valence-electron chi connectivity index (χ2n) is 5.48. The lowest BCUT2D eigenvalue weighted by Gasteiger charge is -2.17. The minimum Gasteiger partial charge on any atom is -0.463 e. The molecule has 1 N–H and O–H groups in total. The molecule has 0 spiro atoms. The lowest BCUT2D eigenvalue weighted by atomic mass is 10.2. The number of carbonyl (C=O) groups is 1. The van der Waals surface area contributed by atoms with Crippen LogP contribution in [0.4, 0.5) is 0 Å². The quantitative estimate of drug-likeness (QED) is 0.523. The van der Waals surface area contributed by atoms with E-state index in [0.29, 0.717) is 5.56 Å². The third-order valence-corrected chi connectivity index (χ3v) is 3.98. The van der Waals surface area contributed by atoms with Gasteiger partial charge in [0.05, 0.1) is 6.26 Å². The Morgan fingerprint density at radius 2 is 2.12 bits per heavy atom. The Balaban J connectivity index is 2.27. The van der Waals surface area contributed by atoms with E-state index < -0.39 is 45.8 Å². The zero-order valence-corrected chi connectivity index (χ0v) is 14.2. The van der Waals surface area contributed by atoms with Gasteiger partial charge in [-0.2, -0.15) is 8.42 Å². The predicted octanol–water partition coefficient (Wildman–Crippen LogP) is -0.960. The smallest absolute Gasteiger partial charge is 0.330 e. The maximum Gasteiger partial charge on any atom is 0.330 e. The monoisotopic (exact) mass is 362 g/mol. The number of rotatable bonds is 5. The number of nitrogens with one attached hydrogen (secondary N) is 1. The molecule has 1 fully saturated rings. The standard InChI is InChI=1S/C13H18N2O8S/c1-7-5-15(13(18)14-12(7)17)11-4-9(23-24(3,19)20)10(22-11)6-21-8(2)16/h5,9-11H,4,6H2,1-3H3,(H,14,17,18)/t9?,10-,11-/m1/s1. The van der Waals surface area contributed by atoms with Crippen LogP contribution in [0, 0.1) is 6.92 Å². The van der Waals surface area contributed by atoms with Crippen molar-refractivity contribution in [3.05, 3.63) is 32.6 Å². The van der Waals surface area contributed by atoms with Crippen molar-refractivity contribution in [1.29, 1.82) is 0 Å². The number of hydrogen-bond acceptors (Lipinski definition) is 8. The number of carbonyl (C=O) groups excluding carboxylic acids is 1. The second kappa shape index (κ2) is 6.87. The number of aromatic nitrogens is 2. The van der Waals surface area contributed by atoms with Crippen LogP contribution in [0.2, 0.25) is 0 Å². The summed E-state index contributed by atoms with van der Waals surface area (Å²) in [5.41, 5.74) is -0.918. The third kappa shape index (κ3) is 4.52. The van der Waals surface area contributed by atoms with Crippen molar-refractivity contribution in [2.24, 2.45) is 0 Å². The van der Waals surface area contributed by atoms with Gasteiger partial charge in [-0.05, 0) is 6.92 Å². The first kappa shape index (κ1) is 18.4. The van der Waals surface area contributed by atoms with Crippen molar-refractivity contribution in [1.82, 2.24) is 9.55 Å². The summed E-state index contributed by atoms with van der Waals surface area (Å²) in [5.74, 6) is -0.558. The number of nitrogens with zero attached hydrogens (tertiary/aromatic N) is 1. The number of esters is 1. The summed E-state index contributed by atoms with van der Waals surface area (Å²) in [5, 5.41) is 0. The topological polar surface area (TPSA) is 134 Å². The largest absolute Gasteiger partial charge is 0.463 e. The maximum absolute atomic E-state index is 11.9. The molecule has 1 aliphatic rings. The highest BCUT2D eigenvalue weighted by molar-refractivity contribution is 7.86. The molecule has 0 amide bonds. The van der Waals surface area contributed by atoms with E-state index in [9.17, 15) is 22.8 Å². The molecule has 1 aromatic rings. The van der Waals surface area contributed by atoms with Gasteiger partial charge < -0.3 is 9.47 Å². The predicted molar refractivity (Wildman–Crippen MR) is 80.9 cm³/mol. The molecule has 10 nitrogen and oxygen atoms in total. The van der Waals surface area contributed by atoms with E-state index in [-0.39, 0.29) is 13.0 Å². The van der Waals surface area contributed by atoms with Gasteiger partial charge in [-0.3, -0.25) is 23.3 Å². The van der Waals surface area contributed by atoms with Gasteiger partial charge in [-0.25, -0.2) is 4.79 Å². The lowest BCUT2D eigenvalue weighted by molar-refractivity contribution is -0.147. The zero-order chi connectivity index (χ0) is 18.1. The Kier molecular flexibility index (Phi) is 5.26. The van der Waals surface area contributed by atoms with Crippen molar-refractivity contribution in [3.63, 3.8) is 0 Å². The molecule has 1 aromatic heterocycles. The molecule has 0 bridgehead atoms. The van der Waals surface area contributed by atoms with Crippen LogP contribution in [0.15, 0.2) is 15.8 Å². The van der Waals surface area contributed by atoms with Gasteiger partial charge in [0.2, 0.25) is 0 Å². The van der Waals surface area contributed by atoms with Crippen LogP contribution >= 0.6 is 0 Å². The fourth-order valence-electron chi connectivity index (χ4n) is 2.35. The second-order valence-corrected chi connectivity index (χ2v) is 7.09. The fraction of sp³-hybridized carbons (Fsp3) is 0.615. The molecule has 3 atom stereocenters. The van der Waals surface area contributed by atoms with Gasteiger partial charge in [0, 0.05) is 25.1 Å². The van der Waals surface area contributed by atoms with E-state index in [4.69, 9.17) is 13.7 Å². The molecular weight excluding hydrogens is 344 g/mol. The van der Waals surface area contributed by atoms with Crippen molar-refractivity contribution in [2.45, 2.75) is 38.7 Å². The Hall–Kier alpha value is -1.98. The van der Waals surface area contributed by atoms with Gasteiger partial charge >= 0.3 is 11.7 Å². The number of aryl methyl sites for hydroxylation is 1. The zero-order valence-electron chi connectivity index (χ0n) is 13.3. The molecule has 11 heteroatoms. The number of hydrogen-bond donors (Lipinski definition) is 1. The number of aromatic amines is 1. The lowest BCUT2D eigenvalue weighted by Crippen LogP contribution is -2.33. The van der Waals surface area contributed by atoms with E-state index in [1.807, 2.05) is 0 Å². The molecule has 0 saturated carbocycles. The molecule has 1 saturated heterocycles. The average Bonchev–Trinajstić information content (AvgIpc) is 2.81. The Labute approximate surface area is 137 Å². The first-order valence-corrected chi connectivity index (χ1v) is 8.87. The normalized spacial score (nSPS) is 24.0. The molecule has 2 heterocycles. The van der Waals surface area contributed by atoms with E-state index >= 15 is 0 Å². The molecule has 1 unspecified atom stereocenters. The highest BCUT2D eigenvalue weighted by Gasteiger charge is 2.40. The summed E-state index contributed by atoms with van der Waals surface area (Å²) < 4.78 is 39.3. The van der Waals surface area contributed by atoms with Gasteiger partial charge in [0.1, 0.15) is 25.0 Å². The van der Waals surface area contributed by atoms with Crippen LogP contribution < -0.4 is 11.2 Å². The molecule has 0 aromatic carbocycles. The van der Waals surface area contributed by atoms with Crippen LogP contribution in [0.5, 0.6) is 0 Å². The molecule has 0 radical (unpaired) electrons. The van der Waals surface area contributed by atoms with Crippen LogP contribution in [-0.2, 0) is 28.6 Å². The number of ether oxygens (including phenoxy) is 2. The van der Waals surface area contributed by atoms with E-state index in [2.05, 4.69) is 4.98 Å². The summed E-state index contributed by atoms with van der Waals surface area (Å²) in [7, 11) is -3.78. The highest BCUT2D eigenvalue weighted by Crippen LogP contribution is 2.31. The minimum atomic E-state index is -3.78. The van der Waals surface area contributed by atoms with Crippen molar-refractivity contribution >= 4 is 16.1 Å². The Morgan fingerprint density at radius 1 is 1.46 bits per heavy atom. The summed E-state index contributed by atoms with van der Waals surface area (Å²) in [6, 6.07) is 0. The molecule has 1 aliphatic heterocycles. The highest BCUT2D eigenvalue weighted by atomic mass is 32.2. The summed E-state index contributed by atoms with van der Waals surface area (Å²) in [6.45, 7) is 2.50. The molecule has 0 aliphatic carbocycles. The van der Waals surface area contributed by atoms with Crippen LogP contribution in [0.1, 0.15) is 25.1 Å². The minimum absolute atomic E-state index is 0.0321.